The van der Waals surface area contributed by atoms with Crippen molar-refractivity contribution >= 4 is 52.4 Å². The first-order valence-corrected chi connectivity index (χ1v) is 12.5. The number of carbonyl (C=O) groups excluding carboxylic acids is 3. The minimum Gasteiger partial charge on any atom is -0.323 e. The van der Waals surface area contributed by atoms with E-state index in [0.717, 1.165) is 0 Å². The first-order chi connectivity index (χ1) is 18.4. The average molecular weight is 546 g/mol. The number of benzene rings is 2. The van der Waals surface area contributed by atoms with E-state index in [-0.39, 0.29) is 35.4 Å². The minimum atomic E-state index is -0.852. The normalized spacial score (nSPS) is 14.9. The number of hydrogen-bond donors (Lipinski definition) is 2. The second kappa shape index (κ2) is 11.0. The zero-order chi connectivity index (χ0) is 26.6. The highest BCUT2D eigenvalue weighted by Gasteiger charge is 2.36. The number of amides is 3. The molecular weight excluding hydrogens is 525 g/mol. The van der Waals surface area contributed by atoms with Crippen LogP contribution in [0, 0.1) is 0 Å². The SMILES string of the molecule is O=C(Nc1ccccn1)c1ccc(CN2C(=O)c3ccc(Cl)cc3NC(=O)C2Cc2ccccn2)cc1Cl. The van der Waals surface area contributed by atoms with Gasteiger partial charge < -0.3 is 15.5 Å². The Balaban J connectivity index is 1.45. The van der Waals surface area contributed by atoms with Crippen LogP contribution in [0.5, 0.6) is 0 Å². The number of rotatable bonds is 6. The molecule has 0 aliphatic carbocycles. The molecule has 1 atom stereocenters. The van der Waals surface area contributed by atoms with Gasteiger partial charge in [0.1, 0.15) is 11.9 Å². The van der Waals surface area contributed by atoms with E-state index in [2.05, 4.69) is 20.6 Å². The molecular formula is C28H21Cl2N5O3. The maximum atomic E-state index is 13.7. The summed E-state index contributed by atoms with van der Waals surface area (Å²) in [6, 6.07) is 19.4. The second-order valence-corrected chi connectivity index (χ2v) is 9.48. The van der Waals surface area contributed by atoms with Crippen molar-refractivity contribution in [1.29, 1.82) is 0 Å². The van der Waals surface area contributed by atoms with E-state index >= 15 is 0 Å². The molecule has 0 spiro atoms. The summed E-state index contributed by atoms with van der Waals surface area (Å²) in [5.74, 6) is -0.717. The summed E-state index contributed by atoms with van der Waals surface area (Å²) in [4.78, 5) is 49.7. The smallest absolute Gasteiger partial charge is 0.258 e. The van der Waals surface area contributed by atoms with Gasteiger partial charge >= 0.3 is 0 Å². The number of anilines is 2. The largest absolute Gasteiger partial charge is 0.323 e. The highest BCUT2D eigenvalue weighted by atomic mass is 35.5. The lowest BCUT2D eigenvalue weighted by Crippen LogP contribution is -2.46. The molecule has 0 bridgehead atoms. The van der Waals surface area contributed by atoms with Gasteiger partial charge in [-0.05, 0) is 60.2 Å². The molecule has 3 heterocycles. The van der Waals surface area contributed by atoms with Crippen LogP contribution in [-0.2, 0) is 17.8 Å². The predicted octanol–water partition coefficient (Wildman–Crippen LogP) is 5.24. The van der Waals surface area contributed by atoms with Crippen molar-refractivity contribution < 1.29 is 14.4 Å². The molecule has 8 nitrogen and oxygen atoms in total. The monoisotopic (exact) mass is 545 g/mol. The number of hydrogen-bond acceptors (Lipinski definition) is 5. The minimum absolute atomic E-state index is 0.0771. The van der Waals surface area contributed by atoms with E-state index in [4.69, 9.17) is 23.2 Å². The molecule has 3 amide bonds. The number of nitrogens with zero attached hydrogens (tertiary/aromatic N) is 3. The van der Waals surface area contributed by atoms with Crippen molar-refractivity contribution in [2.75, 3.05) is 10.6 Å². The maximum Gasteiger partial charge on any atom is 0.258 e. The molecule has 0 radical (unpaired) electrons. The molecule has 1 unspecified atom stereocenters. The summed E-state index contributed by atoms with van der Waals surface area (Å²) in [7, 11) is 0. The molecule has 0 saturated heterocycles. The molecule has 2 aromatic heterocycles. The predicted molar refractivity (Wildman–Crippen MR) is 145 cm³/mol. The molecule has 2 aromatic carbocycles. The van der Waals surface area contributed by atoms with Crippen LogP contribution < -0.4 is 10.6 Å². The van der Waals surface area contributed by atoms with Gasteiger partial charge in [0.2, 0.25) is 5.91 Å². The number of aromatic nitrogens is 2. The Hall–Kier alpha value is -4.27. The number of halogens is 2. The maximum absolute atomic E-state index is 13.7. The topological polar surface area (TPSA) is 104 Å². The molecule has 0 fully saturated rings. The number of pyridine rings is 2. The molecule has 190 valence electrons. The van der Waals surface area contributed by atoms with Gasteiger partial charge in [-0.3, -0.25) is 19.4 Å². The zero-order valence-corrected chi connectivity index (χ0v) is 21.4. The van der Waals surface area contributed by atoms with Crippen molar-refractivity contribution in [2.24, 2.45) is 0 Å². The Labute approximate surface area is 228 Å². The van der Waals surface area contributed by atoms with Crippen LogP contribution in [0.3, 0.4) is 0 Å². The Morgan fingerprint density at radius 2 is 1.74 bits per heavy atom. The number of nitrogens with one attached hydrogen (secondary N) is 2. The van der Waals surface area contributed by atoms with Crippen LogP contribution >= 0.6 is 23.2 Å². The standard InChI is InChI=1S/C28H21Cl2N5O3/c29-18-8-10-21-23(14-18)33-27(37)24(15-19-5-1-3-11-31-19)35(28(21)38)16-17-7-9-20(22(30)13-17)26(36)34-25-6-2-4-12-32-25/h1-14,24H,15-16H2,(H,33,37)(H,32,34,36). The van der Waals surface area contributed by atoms with Gasteiger partial charge in [0.15, 0.2) is 0 Å². The molecule has 5 rings (SSSR count). The van der Waals surface area contributed by atoms with E-state index in [1.807, 2.05) is 6.07 Å². The summed E-state index contributed by atoms with van der Waals surface area (Å²) in [6.45, 7) is 0.0771. The van der Waals surface area contributed by atoms with Gasteiger partial charge in [-0.25, -0.2) is 4.98 Å². The Morgan fingerprint density at radius 1 is 0.947 bits per heavy atom. The van der Waals surface area contributed by atoms with Crippen LogP contribution in [0.4, 0.5) is 11.5 Å². The Bertz CT molecular complexity index is 1520. The van der Waals surface area contributed by atoms with Gasteiger partial charge in [-0.1, -0.05) is 41.4 Å². The van der Waals surface area contributed by atoms with Gasteiger partial charge in [0, 0.05) is 36.1 Å². The van der Waals surface area contributed by atoms with Gasteiger partial charge in [-0.2, -0.15) is 0 Å². The first-order valence-electron chi connectivity index (χ1n) is 11.7. The number of fused-ring (bicyclic) bond motifs is 1. The highest BCUT2D eigenvalue weighted by Crippen LogP contribution is 2.29. The average Bonchev–Trinajstić information content (AvgIpc) is 2.99. The summed E-state index contributed by atoms with van der Waals surface area (Å²) in [6.07, 6.45) is 3.42. The lowest BCUT2D eigenvalue weighted by molar-refractivity contribution is -0.120. The quantitative estimate of drug-likeness (QED) is 0.344. The Morgan fingerprint density at radius 3 is 2.45 bits per heavy atom. The summed E-state index contributed by atoms with van der Waals surface area (Å²) in [5.41, 5.74) is 2.23. The van der Waals surface area contributed by atoms with Gasteiger partial charge in [0.05, 0.1) is 21.8 Å². The van der Waals surface area contributed by atoms with E-state index < -0.39 is 11.9 Å². The molecule has 10 heteroatoms. The fourth-order valence-electron chi connectivity index (χ4n) is 4.22. The van der Waals surface area contributed by atoms with Crippen molar-refractivity contribution in [1.82, 2.24) is 14.9 Å². The van der Waals surface area contributed by atoms with Crippen LogP contribution in [0.25, 0.3) is 0 Å². The number of carbonyl (C=O) groups is 3. The molecule has 0 saturated carbocycles. The first kappa shape index (κ1) is 25.4. The van der Waals surface area contributed by atoms with Crippen LogP contribution in [-0.4, -0.2) is 38.6 Å². The molecule has 38 heavy (non-hydrogen) atoms. The zero-order valence-electron chi connectivity index (χ0n) is 19.9. The van der Waals surface area contributed by atoms with Crippen LogP contribution in [0.1, 0.15) is 32.0 Å². The third-order valence-corrected chi connectivity index (χ3v) is 6.62. The van der Waals surface area contributed by atoms with Crippen LogP contribution in [0.2, 0.25) is 10.0 Å². The van der Waals surface area contributed by atoms with Gasteiger partial charge in [-0.15, -0.1) is 0 Å². The van der Waals surface area contributed by atoms with Crippen molar-refractivity contribution in [2.45, 2.75) is 19.0 Å². The molecule has 1 aliphatic rings. The van der Waals surface area contributed by atoms with E-state index in [1.165, 1.54) is 4.90 Å². The third-order valence-electron chi connectivity index (χ3n) is 6.08. The van der Waals surface area contributed by atoms with Crippen molar-refractivity contribution in [3.8, 4) is 0 Å². The molecule has 1 aliphatic heterocycles. The highest BCUT2D eigenvalue weighted by molar-refractivity contribution is 6.34. The lowest BCUT2D eigenvalue weighted by Gasteiger charge is -2.29. The van der Waals surface area contributed by atoms with Crippen molar-refractivity contribution in [3.63, 3.8) is 0 Å². The fourth-order valence-corrected chi connectivity index (χ4v) is 4.68. The van der Waals surface area contributed by atoms with Crippen molar-refractivity contribution in [3.05, 3.63) is 118 Å². The fraction of sp³-hybridized carbons (Fsp3) is 0.107. The molecule has 4 aromatic rings. The molecule has 2 N–H and O–H groups in total. The van der Waals surface area contributed by atoms with Gasteiger partial charge in [0.25, 0.3) is 11.8 Å². The second-order valence-electron chi connectivity index (χ2n) is 8.64. The summed E-state index contributed by atoms with van der Waals surface area (Å²) < 4.78 is 0. The lowest BCUT2D eigenvalue weighted by atomic mass is 10.0. The van der Waals surface area contributed by atoms with E-state index in [9.17, 15) is 14.4 Å². The van der Waals surface area contributed by atoms with E-state index in [1.54, 1.807) is 79.1 Å². The summed E-state index contributed by atoms with van der Waals surface area (Å²) >= 11 is 12.6. The van der Waals surface area contributed by atoms with Crippen LogP contribution in [0.15, 0.2) is 85.2 Å². The summed E-state index contributed by atoms with van der Waals surface area (Å²) in [5, 5.41) is 6.15. The third kappa shape index (κ3) is 5.51. The Kier molecular flexibility index (Phi) is 7.35. The van der Waals surface area contributed by atoms with E-state index in [0.29, 0.717) is 33.3 Å².